The van der Waals surface area contributed by atoms with E-state index < -0.39 is 0 Å². The standard InChI is InChI=1S/C15H30.2C2H6/c1-10(2)14(11(3)4)9-13-8-12(5)15(13,6)7;2*1-2/h10-14H,8-9H2,1-7H3;2*1-2H3. The summed E-state index contributed by atoms with van der Waals surface area (Å²) >= 11 is 0. The van der Waals surface area contributed by atoms with Gasteiger partial charge < -0.3 is 0 Å². The summed E-state index contributed by atoms with van der Waals surface area (Å²) in [6.45, 7) is 24.9. The zero-order valence-corrected chi connectivity index (χ0v) is 15.8. The van der Waals surface area contributed by atoms with Gasteiger partial charge in [0.25, 0.3) is 0 Å². The van der Waals surface area contributed by atoms with E-state index in [0.717, 1.165) is 29.6 Å². The van der Waals surface area contributed by atoms with Gasteiger partial charge in [-0.2, -0.15) is 0 Å². The van der Waals surface area contributed by atoms with Crippen molar-refractivity contribution in [1.29, 1.82) is 0 Å². The van der Waals surface area contributed by atoms with E-state index in [2.05, 4.69) is 48.5 Å². The molecule has 0 bridgehead atoms. The van der Waals surface area contributed by atoms with Crippen molar-refractivity contribution in [1.82, 2.24) is 0 Å². The van der Waals surface area contributed by atoms with Crippen molar-refractivity contribution in [2.45, 2.75) is 89.0 Å². The van der Waals surface area contributed by atoms with E-state index in [-0.39, 0.29) is 0 Å². The Morgan fingerprint density at radius 2 is 1.26 bits per heavy atom. The van der Waals surface area contributed by atoms with Crippen LogP contribution >= 0.6 is 0 Å². The molecule has 0 saturated heterocycles. The van der Waals surface area contributed by atoms with Crippen molar-refractivity contribution in [3.8, 4) is 0 Å². The lowest BCUT2D eigenvalue weighted by atomic mass is 9.52. The van der Waals surface area contributed by atoms with Crippen molar-refractivity contribution in [2.75, 3.05) is 0 Å². The predicted molar refractivity (Wildman–Crippen MR) is 91.5 cm³/mol. The van der Waals surface area contributed by atoms with Crippen molar-refractivity contribution in [3.63, 3.8) is 0 Å². The van der Waals surface area contributed by atoms with E-state index in [0.29, 0.717) is 5.41 Å². The molecule has 1 aliphatic carbocycles. The van der Waals surface area contributed by atoms with Gasteiger partial charge in [0, 0.05) is 0 Å². The van der Waals surface area contributed by atoms with Crippen LogP contribution in [-0.2, 0) is 0 Å². The molecule has 1 saturated carbocycles. The normalized spacial score (nSPS) is 24.3. The Hall–Kier alpha value is 0. The van der Waals surface area contributed by atoms with Crippen LogP contribution in [0.4, 0.5) is 0 Å². The molecule has 1 rings (SSSR count). The maximum atomic E-state index is 2.46. The molecule has 1 fully saturated rings. The molecule has 2 atom stereocenters. The second-order valence-corrected chi connectivity index (χ2v) is 7.04. The summed E-state index contributed by atoms with van der Waals surface area (Å²) in [5.41, 5.74) is 0.599. The molecule has 0 aliphatic heterocycles. The topological polar surface area (TPSA) is 0 Å². The average Bonchev–Trinajstić information content (AvgIpc) is 2.38. The smallest absolute Gasteiger partial charge is 0.0300 e. The number of hydrogen-bond acceptors (Lipinski definition) is 0. The minimum Gasteiger partial charge on any atom is -0.0683 e. The number of hydrogen-bond donors (Lipinski definition) is 0. The van der Waals surface area contributed by atoms with Gasteiger partial charge in [-0.05, 0) is 47.8 Å². The Kier molecular flexibility index (Phi) is 11.0. The van der Waals surface area contributed by atoms with Crippen LogP contribution in [0.25, 0.3) is 0 Å². The van der Waals surface area contributed by atoms with Crippen LogP contribution in [0.15, 0.2) is 0 Å². The molecule has 0 radical (unpaired) electrons. The Morgan fingerprint density at radius 1 is 0.895 bits per heavy atom. The molecule has 118 valence electrons. The van der Waals surface area contributed by atoms with E-state index in [4.69, 9.17) is 0 Å². The lowest BCUT2D eigenvalue weighted by molar-refractivity contribution is -0.0321. The third kappa shape index (κ3) is 5.88. The maximum Gasteiger partial charge on any atom is -0.0300 e. The second-order valence-electron chi connectivity index (χ2n) is 7.04. The highest BCUT2D eigenvalue weighted by Crippen LogP contribution is 2.54. The fraction of sp³-hybridized carbons (Fsp3) is 1.00. The molecule has 0 nitrogen and oxygen atoms in total. The minimum absolute atomic E-state index is 0.599. The molecule has 19 heavy (non-hydrogen) atoms. The van der Waals surface area contributed by atoms with Crippen molar-refractivity contribution < 1.29 is 0 Å². The van der Waals surface area contributed by atoms with Gasteiger partial charge in [0.05, 0.1) is 0 Å². The van der Waals surface area contributed by atoms with Crippen molar-refractivity contribution in [3.05, 3.63) is 0 Å². The first-order valence-corrected chi connectivity index (χ1v) is 8.76. The fourth-order valence-corrected chi connectivity index (χ4v) is 3.32. The maximum absolute atomic E-state index is 2.46. The van der Waals surface area contributed by atoms with Gasteiger partial charge >= 0.3 is 0 Å². The highest BCUT2D eigenvalue weighted by Gasteiger charge is 2.45. The summed E-state index contributed by atoms with van der Waals surface area (Å²) in [7, 11) is 0. The van der Waals surface area contributed by atoms with Gasteiger partial charge in [-0.25, -0.2) is 0 Å². The first kappa shape index (κ1) is 21.3. The third-order valence-corrected chi connectivity index (χ3v) is 5.23. The van der Waals surface area contributed by atoms with Gasteiger partial charge in [0.15, 0.2) is 0 Å². The first-order valence-electron chi connectivity index (χ1n) is 8.76. The van der Waals surface area contributed by atoms with Crippen LogP contribution in [0, 0.1) is 35.0 Å². The lowest BCUT2D eigenvalue weighted by Crippen LogP contribution is -2.44. The average molecular weight is 271 g/mol. The van der Waals surface area contributed by atoms with Crippen molar-refractivity contribution in [2.24, 2.45) is 35.0 Å². The molecule has 0 aromatic heterocycles. The quantitative estimate of drug-likeness (QED) is 0.514. The SMILES string of the molecule is CC.CC.CC(C)C(CC1CC(C)C1(C)C)C(C)C. The molecular formula is C19H42. The molecule has 2 unspecified atom stereocenters. The van der Waals surface area contributed by atoms with E-state index in [1.54, 1.807) is 0 Å². The molecule has 1 aliphatic rings. The molecule has 0 aromatic rings. The van der Waals surface area contributed by atoms with Gasteiger partial charge in [-0.15, -0.1) is 0 Å². The Balaban J connectivity index is 0. The summed E-state index contributed by atoms with van der Waals surface area (Å²) in [6.07, 6.45) is 2.91. The van der Waals surface area contributed by atoms with Crippen LogP contribution in [0.5, 0.6) is 0 Å². The van der Waals surface area contributed by atoms with Crippen LogP contribution in [-0.4, -0.2) is 0 Å². The summed E-state index contributed by atoms with van der Waals surface area (Å²) in [6, 6.07) is 0. The van der Waals surface area contributed by atoms with E-state index in [1.807, 2.05) is 27.7 Å². The van der Waals surface area contributed by atoms with Crippen molar-refractivity contribution >= 4 is 0 Å². The zero-order valence-electron chi connectivity index (χ0n) is 15.8. The highest BCUT2D eigenvalue weighted by atomic mass is 14.5. The van der Waals surface area contributed by atoms with E-state index in [1.165, 1.54) is 12.8 Å². The van der Waals surface area contributed by atoms with Gasteiger partial charge in [0.1, 0.15) is 0 Å². The molecule has 0 spiro atoms. The Morgan fingerprint density at radius 3 is 1.47 bits per heavy atom. The van der Waals surface area contributed by atoms with Crippen LogP contribution < -0.4 is 0 Å². The summed E-state index contributed by atoms with van der Waals surface area (Å²) in [4.78, 5) is 0. The Labute approximate surface area is 124 Å². The lowest BCUT2D eigenvalue weighted by Gasteiger charge is -2.53. The van der Waals surface area contributed by atoms with Gasteiger partial charge in [-0.3, -0.25) is 0 Å². The van der Waals surface area contributed by atoms with Crippen LogP contribution in [0.1, 0.15) is 89.0 Å². The summed E-state index contributed by atoms with van der Waals surface area (Å²) in [5.74, 6) is 4.51. The highest BCUT2D eigenvalue weighted by molar-refractivity contribution is 4.95. The molecule has 0 heteroatoms. The van der Waals surface area contributed by atoms with E-state index >= 15 is 0 Å². The molecular weight excluding hydrogens is 228 g/mol. The number of rotatable bonds is 4. The van der Waals surface area contributed by atoms with Gasteiger partial charge in [0.2, 0.25) is 0 Å². The Bertz CT molecular complexity index is 192. The summed E-state index contributed by atoms with van der Waals surface area (Å²) < 4.78 is 0. The minimum atomic E-state index is 0.599. The molecule has 0 heterocycles. The van der Waals surface area contributed by atoms with Crippen LogP contribution in [0.3, 0.4) is 0 Å². The first-order chi connectivity index (χ1) is 8.76. The summed E-state index contributed by atoms with van der Waals surface area (Å²) in [5, 5.41) is 0. The van der Waals surface area contributed by atoms with Crippen LogP contribution in [0.2, 0.25) is 0 Å². The van der Waals surface area contributed by atoms with Gasteiger partial charge in [-0.1, -0.05) is 76.2 Å². The molecule has 0 N–H and O–H groups in total. The third-order valence-electron chi connectivity index (χ3n) is 5.23. The zero-order chi connectivity index (χ0) is 15.8. The predicted octanol–water partition coefficient (Wildman–Crippen LogP) is 7.04. The fourth-order valence-electron chi connectivity index (χ4n) is 3.32. The van der Waals surface area contributed by atoms with E-state index in [9.17, 15) is 0 Å². The second kappa shape index (κ2) is 9.83. The molecule has 0 aromatic carbocycles. The largest absolute Gasteiger partial charge is 0.0683 e. The molecule has 0 amide bonds. The monoisotopic (exact) mass is 270 g/mol.